The van der Waals surface area contributed by atoms with E-state index >= 15 is 0 Å². The Morgan fingerprint density at radius 2 is 1.61 bits per heavy atom. The Kier molecular flexibility index (Phi) is 10.2. The van der Waals surface area contributed by atoms with Gasteiger partial charge in [0.25, 0.3) is 0 Å². The van der Waals surface area contributed by atoms with Crippen molar-refractivity contribution >= 4 is 21.7 Å². The number of amides is 1. The molecular weight excluding hydrogens is 476 g/mol. The molecule has 2 aromatic rings. The van der Waals surface area contributed by atoms with Gasteiger partial charge in [0.2, 0.25) is 5.91 Å². The van der Waals surface area contributed by atoms with Gasteiger partial charge in [-0.05, 0) is 62.9 Å². The number of hydrogen-bond acceptors (Lipinski definition) is 6. The van der Waals surface area contributed by atoms with Crippen molar-refractivity contribution in [1.82, 2.24) is 4.90 Å². The second-order valence-corrected chi connectivity index (χ2v) is 11.7. The van der Waals surface area contributed by atoms with Crippen LogP contribution in [-0.2, 0) is 21.5 Å². The van der Waals surface area contributed by atoms with Crippen LogP contribution in [0, 0.1) is 5.41 Å². The molecule has 1 amide bonds. The molecule has 0 saturated heterocycles. The number of methoxy groups -OCH3 is 1. The number of nitrogens with zero attached hydrogens (tertiary/aromatic N) is 2. The Morgan fingerprint density at radius 3 is 2.11 bits per heavy atom. The zero-order valence-electron chi connectivity index (χ0n) is 23.0. The Balaban J connectivity index is 2.52. The van der Waals surface area contributed by atoms with Crippen LogP contribution in [0.2, 0.25) is 0 Å². The third-order valence-corrected chi connectivity index (χ3v) is 7.44. The first-order valence-electron chi connectivity index (χ1n) is 12.6. The lowest BCUT2D eigenvalue weighted by molar-refractivity contribution is -0.135. The van der Waals surface area contributed by atoms with Crippen LogP contribution in [0.15, 0.2) is 47.4 Å². The number of benzene rings is 2. The van der Waals surface area contributed by atoms with Crippen molar-refractivity contribution in [2.75, 3.05) is 25.1 Å². The van der Waals surface area contributed by atoms with E-state index in [0.29, 0.717) is 17.7 Å². The fourth-order valence-electron chi connectivity index (χ4n) is 3.89. The van der Waals surface area contributed by atoms with Gasteiger partial charge in [0.1, 0.15) is 16.4 Å². The number of carbonyl (C=O) groups excluding carboxylic acids is 1. The van der Waals surface area contributed by atoms with E-state index in [9.17, 15) is 13.2 Å². The quantitative estimate of drug-likeness (QED) is 0.327. The van der Waals surface area contributed by atoms with Crippen molar-refractivity contribution in [2.24, 2.45) is 5.41 Å². The van der Waals surface area contributed by atoms with Crippen LogP contribution >= 0.6 is 0 Å². The standard InChI is InChI=1S/C28H42N2O5S/c1-9-21(4)30(27(31)19-28(5,6)7)20-22-12-13-23(29(10-2)11-3)18-26(22)35-36(32,33)25-16-14-24(34-8)15-17-25/h12-18,21H,9-11,19-20H2,1-8H3/t21-/m1/s1. The molecule has 0 radical (unpaired) electrons. The molecule has 0 aliphatic heterocycles. The summed E-state index contributed by atoms with van der Waals surface area (Å²) in [5.41, 5.74) is 1.34. The predicted molar refractivity (Wildman–Crippen MR) is 145 cm³/mol. The molecule has 0 N–H and O–H groups in total. The molecule has 0 spiro atoms. The summed E-state index contributed by atoms with van der Waals surface area (Å²) in [6.45, 7) is 16.0. The average Bonchev–Trinajstić information content (AvgIpc) is 2.82. The van der Waals surface area contributed by atoms with E-state index in [1.54, 1.807) is 18.2 Å². The van der Waals surface area contributed by atoms with Crippen molar-refractivity contribution < 1.29 is 22.1 Å². The molecule has 0 saturated carbocycles. The Labute approximate surface area is 217 Å². The summed E-state index contributed by atoms with van der Waals surface area (Å²) in [5.74, 6) is 0.820. The fraction of sp³-hybridized carbons (Fsp3) is 0.536. The lowest BCUT2D eigenvalue weighted by Gasteiger charge is -2.32. The SMILES string of the molecule is CC[C@@H](C)N(Cc1ccc(N(CC)CC)cc1OS(=O)(=O)c1ccc(OC)cc1)C(=O)CC(C)(C)C. The summed E-state index contributed by atoms with van der Waals surface area (Å²) in [6, 6.07) is 11.7. The molecule has 0 aliphatic rings. The number of hydrogen-bond donors (Lipinski definition) is 0. The van der Waals surface area contributed by atoms with Gasteiger partial charge in [-0.1, -0.05) is 33.8 Å². The molecule has 7 nitrogen and oxygen atoms in total. The van der Waals surface area contributed by atoms with E-state index in [-0.39, 0.29) is 34.6 Å². The van der Waals surface area contributed by atoms with Gasteiger partial charge in [-0.2, -0.15) is 8.42 Å². The lowest BCUT2D eigenvalue weighted by Crippen LogP contribution is -2.39. The summed E-state index contributed by atoms with van der Waals surface area (Å²) in [5, 5.41) is 0. The van der Waals surface area contributed by atoms with Crippen LogP contribution in [0.5, 0.6) is 11.5 Å². The molecule has 0 aromatic heterocycles. The van der Waals surface area contributed by atoms with Crippen molar-refractivity contribution in [3.05, 3.63) is 48.0 Å². The van der Waals surface area contributed by atoms with E-state index in [1.165, 1.54) is 19.2 Å². The molecule has 1 atom stereocenters. The number of ether oxygens (including phenoxy) is 1. The maximum atomic E-state index is 13.3. The molecule has 8 heteroatoms. The van der Waals surface area contributed by atoms with E-state index in [1.807, 2.05) is 65.5 Å². The smallest absolute Gasteiger partial charge is 0.339 e. The van der Waals surface area contributed by atoms with Crippen molar-refractivity contribution in [3.8, 4) is 11.5 Å². The minimum absolute atomic E-state index is 0.00615. The Hall–Kier alpha value is -2.74. The van der Waals surface area contributed by atoms with Crippen LogP contribution < -0.4 is 13.8 Å². The normalized spacial score (nSPS) is 12.7. The molecule has 0 unspecified atom stereocenters. The third-order valence-electron chi connectivity index (χ3n) is 6.19. The van der Waals surface area contributed by atoms with Crippen LogP contribution in [0.3, 0.4) is 0 Å². The van der Waals surface area contributed by atoms with E-state index in [0.717, 1.165) is 25.2 Å². The summed E-state index contributed by atoms with van der Waals surface area (Å²) < 4.78 is 37.3. The van der Waals surface area contributed by atoms with Crippen molar-refractivity contribution in [2.45, 2.75) is 78.8 Å². The topological polar surface area (TPSA) is 76.2 Å². The molecule has 2 aromatic carbocycles. The molecule has 36 heavy (non-hydrogen) atoms. The monoisotopic (exact) mass is 518 g/mol. The molecule has 200 valence electrons. The predicted octanol–water partition coefficient (Wildman–Crippen LogP) is 5.87. The molecule has 2 rings (SSSR count). The molecule has 0 fully saturated rings. The van der Waals surface area contributed by atoms with Gasteiger partial charge in [0.15, 0.2) is 0 Å². The van der Waals surface area contributed by atoms with Crippen molar-refractivity contribution in [1.29, 1.82) is 0 Å². The first kappa shape index (κ1) is 29.5. The molecular formula is C28H42N2O5S. The summed E-state index contributed by atoms with van der Waals surface area (Å²) in [4.78, 5) is 17.2. The first-order valence-corrected chi connectivity index (χ1v) is 14.0. The minimum Gasteiger partial charge on any atom is -0.497 e. The molecule has 0 bridgehead atoms. The van der Waals surface area contributed by atoms with Gasteiger partial charge in [0, 0.05) is 49.4 Å². The second kappa shape index (κ2) is 12.5. The van der Waals surface area contributed by atoms with Gasteiger partial charge in [-0.25, -0.2) is 0 Å². The molecule has 0 aliphatic carbocycles. The highest BCUT2D eigenvalue weighted by molar-refractivity contribution is 7.87. The third kappa shape index (κ3) is 7.88. The summed E-state index contributed by atoms with van der Waals surface area (Å²) in [7, 11) is -2.58. The van der Waals surface area contributed by atoms with Crippen molar-refractivity contribution in [3.63, 3.8) is 0 Å². The maximum Gasteiger partial charge on any atom is 0.339 e. The number of carbonyl (C=O) groups is 1. The summed E-state index contributed by atoms with van der Waals surface area (Å²) in [6.07, 6.45) is 1.18. The van der Waals surface area contributed by atoms with Gasteiger partial charge in [-0.15, -0.1) is 0 Å². The van der Waals surface area contributed by atoms with Gasteiger partial charge in [0.05, 0.1) is 7.11 Å². The highest BCUT2D eigenvalue weighted by Crippen LogP contribution is 2.32. The van der Waals surface area contributed by atoms with Gasteiger partial charge in [-0.3, -0.25) is 4.79 Å². The average molecular weight is 519 g/mol. The fourth-order valence-corrected chi connectivity index (χ4v) is 4.85. The van der Waals surface area contributed by atoms with Gasteiger partial charge < -0.3 is 18.7 Å². The number of rotatable bonds is 12. The maximum absolute atomic E-state index is 13.3. The van der Waals surface area contributed by atoms with E-state index in [2.05, 4.69) is 4.90 Å². The van der Waals surface area contributed by atoms with Gasteiger partial charge >= 0.3 is 10.1 Å². The minimum atomic E-state index is -4.10. The van der Waals surface area contributed by atoms with Crippen LogP contribution in [-0.4, -0.2) is 45.5 Å². The number of anilines is 1. The van der Waals surface area contributed by atoms with Crippen LogP contribution in [0.4, 0.5) is 5.69 Å². The van der Waals surface area contributed by atoms with Crippen LogP contribution in [0.25, 0.3) is 0 Å². The zero-order valence-corrected chi connectivity index (χ0v) is 23.8. The highest BCUT2D eigenvalue weighted by atomic mass is 32.2. The molecule has 0 heterocycles. The summed E-state index contributed by atoms with van der Waals surface area (Å²) >= 11 is 0. The Bertz CT molecular complexity index is 1100. The lowest BCUT2D eigenvalue weighted by atomic mass is 9.91. The first-order chi connectivity index (χ1) is 16.8. The Morgan fingerprint density at radius 1 is 1.00 bits per heavy atom. The highest BCUT2D eigenvalue weighted by Gasteiger charge is 2.27. The van der Waals surface area contributed by atoms with E-state index < -0.39 is 10.1 Å². The second-order valence-electron chi connectivity index (χ2n) is 10.2. The largest absolute Gasteiger partial charge is 0.497 e. The van der Waals surface area contributed by atoms with E-state index in [4.69, 9.17) is 8.92 Å². The zero-order chi connectivity index (χ0) is 27.1. The van der Waals surface area contributed by atoms with Crippen LogP contribution in [0.1, 0.15) is 66.9 Å².